The second-order valence-electron chi connectivity index (χ2n) is 5.86. The lowest BCUT2D eigenvalue weighted by Gasteiger charge is -2.18. The van der Waals surface area contributed by atoms with E-state index in [1.165, 1.54) is 16.7 Å². The first-order valence-corrected chi connectivity index (χ1v) is 7.10. The summed E-state index contributed by atoms with van der Waals surface area (Å²) in [6.45, 7) is 8.22. The first-order valence-electron chi connectivity index (χ1n) is 7.10. The molecule has 2 rings (SSSR count). The van der Waals surface area contributed by atoms with E-state index in [4.69, 9.17) is 10.3 Å². The van der Waals surface area contributed by atoms with Crippen molar-refractivity contribution in [1.82, 2.24) is 10.1 Å². The highest BCUT2D eigenvalue weighted by atomic mass is 16.5. The number of hydrogen-bond donors (Lipinski definition) is 1. The van der Waals surface area contributed by atoms with Crippen molar-refractivity contribution in [3.8, 4) is 0 Å². The smallest absolute Gasteiger partial charge is 0.246 e. The molecule has 1 unspecified atom stereocenters. The molecule has 1 heterocycles. The van der Waals surface area contributed by atoms with Crippen LogP contribution in [0.3, 0.4) is 0 Å². The van der Waals surface area contributed by atoms with E-state index in [9.17, 15) is 0 Å². The topological polar surface area (TPSA) is 64.9 Å². The normalized spacial score (nSPS) is 14.2. The van der Waals surface area contributed by atoms with E-state index >= 15 is 0 Å². The highest BCUT2D eigenvalue weighted by Gasteiger charge is 2.27. The molecule has 0 saturated heterocycles. The quantitative estimate of drug-likeness (QED) is 0.908. The van der Waals surface area contributed by atoms with Gasteiger partial charge in [0.15, 0.2) is 5.82 Å². The molecule has 0 spiro atoms. The second kappa shape index (κ2) is 5.75. The van der Waals surface area contributed by atoms with Gasteiger partial charge in [-0.05, 0) is 32.8 Å². The Bertz CT molecular complexity index is 567. The third-order valence-corrected chi connectivity index (χ3v) is 3.37. The van der Waals surface area contributed by atoms with E-state index in [1.807, 2.05) is 6.92 Å². The Labute approximate surface area is 120 Å². The van der Waals surface area contributed by atoms with Gasteiger partial charge in [-0.25, -0.2) is 0 Å². The largest absolute Gasteiger partial charge is 0.337 e. The lowest BCUT2D eigenvalue weighted by molar-refractivity contribution is 0.282. The zero-order valence-corrected chi connectivity index (χ0v) is 12.7. The van der Waals surface area contributed by atoms with E-state index in [0.29, 0.717) is 18.1 Å². The summed E-state index contributed by atoms with van der Waals surface area (Å²) < 4.78 is 5.33. The molecule has 1 aromatic heterocycles. The van der Waals surface area contributed by atoms with Gasteiger partial charge in [0, 0.05) is 6.42 Å². The van der Waals surface area contributed by atoms with Crippen LogP contribution in [0.1, 0.15) is 55.1 Å². The van der Waals surface area contributed by atoms with Crippen LogP contribution in [0.2, 0.25) is 0 Å². The maximum atomic E-state index is 6.21. The summed E-state index contributed by atoms with van der Waals surface area (Å²) in [5.74, 6) is 1.22. The fraction of sp³-hybridized carbons (Fsp3) is 0.500. The highest BCUT2D eigenvalue weighted by Crippen LogP contribution is 2.22. The number of aromatic nitrogens is 2. The SMILES string of the molecule is CCCC(C)(N)c1nc(Cc2cc(C)cc(C)c2)no1. The van der Waals surface area contributed by atoms with Crippen molar-refractivity contribution in [3.05, 3.63) is 46.6 Å². The molecule has 0 aliphatic heterocycles. The molecule has 0 aliphatic carbocycles. The zero-order chi connectivity index (χ0) is 14.8. The van der Waals surface area contributed by atoms with Crippen LogP contribution in [0, 0.1) is 13.8 Å². The maximum Gasteiger partial charge on any atom is 0.246 e. The lowest BCUT2D eigenvalue weighted by atomic mass is 9.98. The molecule has 4 heteroatoms. The number of aryl methyl sites for hydroxylation is 2. The average Bonchev–Trinajstić information content (AvgIpc) is 2.76. The van der Waals surface area contributed by atoms with E-state index in [-0.39, 0.29) is 0 Å². The van der Waals surface area contributed by atoms with Crippen LogP contribution < -0.4 is 5.73 Å². The van der Waals surface area contributed by atoms with Crippen molar-refractivity contribution in [2.45, 2.75) is 52.5 Å². The number of benzene rings is 1. The third-order valence-electron chi connectivity index (χ3n) is 3.37. The van der Waals surface area contributed by atoms with Crippen LogP contribution in [0.15, 0.2) is 22.7 Å². The van der Waals surface area contributed by atoms with Gasteiger partial charge in [0.25, 0.3) is 0 Å². The van der Waals surface area contributed by atoms with Crippen LogP contribution in [-0.4, -0.2) is 10.1 Å². The molecule has 4 nitrogen and oxygen atoms in total. The Morgan fingerprint density at radius 1 is 1.20 bits per heavy atom. The summed E-state index contributed by atoms with van der Waals surface area (Å²) in [6.07, 6.45) is 2.49. The molecule has 2 N–H and O–H groups in total. The van der Waals surface area contributed by atoms with Gasteiger partial charge in [-0.15, -0.1) is 0 Å². The average molecular weight is 273 g/mol. The van der Waals surface area contributed by atoms with Crippen molar-refractivity contribution in [3.63, 3.8) is 0 Å². The molecule has 0 fully saturated rings. The first kappa shape index (κ1) is 14.7. The van der Waals surface area contributed by atoms with Gasteiger partial charge >= 0.3 is 0 Å². The van der Waals surface area contributed by atoms with Crippen molar-refractivity contribution < 1.29 is 4.52 Å². The van der Waals surface area contributed by atoms with Gasteiger partial charge in [0.05, 0.1) is 5.54 Å². The molecular weight excluding hydrogens is 250 g/mol. The fourth-order valence-corrected chi connectivity index (χ4v) is 2.54. The van der Waals surface area contributed by atoms with Crippen LogP contribution in [0.4, 0.5) is 0 Å². The predicted molar refractivity (Wildman–Crippen MR) is 79.5 cm³/mol. The molecule has 0 amide bonds. The molecular formula is C16H23N3O. The van der Waals surface area contributed by atoms with Crippen LogP contribution in [-0.2, 0) is 12.0 Å². The van der Waals surface area contributed by atoms with Crippen molar-refractivity contribution in [2.75, 3.05) is 0 Å². The minimum Gasteiger partial charge on any atom is -0.337 e. The number of nitrogens with zero attached hydrogens (tertiary/aromatic N) is 2. The molecule has 0 radical (unpaired) electrons. The van der Waals surface area contributed by atoms with Gasteiger partial charge in [-0.2, -0.15) is 4.98 Å². The second-order valence-corrected chi connectivity index (χ2v) is 5.86. The summed E-state index contributed by atoms with van der Waals surface area (Å²) in [5, 5.41) is 4.05. The summed E-state index contributed by atoms with van der Waals surface area (Å²) in [5.41, 5.74) is 9.36. The summed E-state index contributed by atoms with van der Waals surface area (Å²) in [4.78, 5) is 4.45. The number of rotatable bonds is 5. The van der Waals surface area contributed by atoms with E-state index < -0.39 is 5.54 Å². The summed E-state index contributed by atoms with van der Waals surface area (Å²) >= 11 is 0. The fourth-order valence-electron chi connectivity index (χ4n) is 2.54. The van der Waals surface area contributed by atoms with Crippen molar-refractivity contribution in [1.29, 1.82) is 0 Å². The predicted octanol–water partition coefficient (Wildman–Crippen LogP) is 3.25. The molecule has 1 aromatic carbocycles. The molecule has 108 valence electrons. The Balaban J connectivity index is 2.17. The molecule has 0 aliphatic rings. The van der Waals surface area contributed by atoms with Crippen molar-refractivity contribution in [2.24, 2.45) is 5.73 Å². The lowest BCUT2D eigenvalue weighted by Crippen LogP contribution is -2.33. The molecule has 1 atom stereocenters. The number of hydrogen-bond acceptors (Lipinski definition) is 4. The van der Waals surface area contributed by atoms with Crippen molar-refractivity contribution >= 4 is 0 Å². The minimum absolute atomic E-state index is 0.527. The highest BCUT2D eigenvalue weighted by molar-refractivity contribution is 5.30. The molecule has 2 aromatic rings. The standard InChI is InChI=1S/C16H23N3O/c1-5-6-16(4,17)15-18-14(19-20-15)10-13-8-11(2)7-12(3)9-13/h7-9H,5-6,10,17H2,1-4H3. The maximum absolute atomic E-state index is 6.21. The van der Waals surface area contributed by atoms with E-state index in [1.54, 1.807) is 0 Å². The molecule has 0 bridgehead atoms. The summed E-state index contributed by atoms with van der Waals surface area (Å²) in [7, 11) is 0. The van der Waals surface area contributed by atoms with E-state index in [0.717, 1.165) is 12.8 Å². The minimum atomic E-state index is -0.539. The monoisotopic (exact) mass is 273 g/mol. The van der Waals surface area contributed by atoms with Gasteiger partial charge in [-0.1, -0.05) is 47.8 Å². The third kappa shape index (κ3) is 3.45. The van der Waals surface area contributed by atoms with E-state index in [2.05, 4.69) is 49.1 Å². The zero-order valence-electron chi connectivity index (χ0n) is 12.7. The number of nitrogens with two attached hydrogens (primary N) is 1. The van der Waals surface area contributed by atoms with Gasteiger partial charge in [-0.3, -0.25) is 0 Å². The Morgan fingerprint density at radius 2 is 1.85 bits per heavy atom. The van der Waals surface area contributed by atoms with Crippen LogP contribution in [0.25, 0.3) is 0 Å². The Hall–Kier alpha value is -1.68. The Kier molecular flexibility index (Phi) is 4.23. The Morgan fingerprint density at radius 3 is 2.45 bits per heavy atom. The first-order chi connectivity index (χ1) is 9.40. The van der Waals surface area contributed by atoms with Crippen LogP contribution >= 0.6 is 0 Å². The van der Waals surface area contributed by atoms with Gasteiger partial charge in [0.1, 0.15) is 0 Å². The molecule has 0 saturated carbocycles. The molecule has 20 heavy (non-hydrogen) atoms. The van der Waals surface area contributed by atoms with Gasteiger partial charge < -0.3 is 10.3 Å². The summed E-state index contributed by atoms with van der Waals surface area (Å²) in [6, 6.07) is 6.46. The van der Waals surface area contributed by atoms with Gasteiger partial charge in [0.2, 0.25) is 5.89 Å². The van der Waals surface area contributed by atoms with Crippen LogP contribution in [0.5, 0.6) is 0 Å².